The van der Waals surface area contributed by atoms with E-state index < -0.39 is 5.60 Å². The zero-order valence-electron chi connectivity index (χ0n) is 14.2. The van der Waals surface area contributed by atoms with Crippen LogP contribution in [0.15, 0.2) is 0 Å². The Balaban J connectivity index is 0.000000396. The van der Waals surface area contributed by atoms with Crippen molar-refractivity contribution in [2.75, 3.05) is 67.0 Å². The summed E-state index contributed by atoms with van der Waals surface area (Å²) in [4.78, 5) is 7.18. The van der Waals surface area contributed by atoms with Gasteiger partial charge in [0.15, 0.2) is 0 Å². The molecule has 0 aromatic carbocycles. The minimum atomic E-state index is -0.597. The molecule has 0 aromatic heterocycles. The monoisotopic (exact) mass is 288 g/mol. The Morgan fingerprint density at radius 3 is 1.90 bits per heavy atom. The molecule has 0 amide bonds. The Kier molecular flexibility index (Phi) is 10.4. The van der Waals surface area contributed by atoms with Crippen molar-refractivity contribution in [1.29, 1.82) is 0 Å². The normalized spacial score (nSPS) is 18.0. The third-order valence-electron chi connectivity index (χ3n) is 4.16. The Bertz CT molecular complexity index is 216. The van der Waals surface area contributed by atoms with Crippen molar-refractivity contribution in [3.05, 3.63) is 0 Å². The summed E-state index contributed by atoms with van der Waals surface area (Å²) in [5, 5.41) is 9.31. The largest absolute Gasteiger partial charge is 0.389 e. The molecule has 0 spiro atoms. The zero-order valence-corrected chi connectivity index (χ0v) is 14.2. The quantitative estimate of drug-likeness (QED) is 0.736. The first-order valence-electron chi connectivity index (χ1n) is 7.85. The Hall–Kier alpha value is -0.200. The van der Waals surface area contributed by atoms with Crippen molar-refractivity contribution in [3.63, 3.8) is 0 Å². The summed E-state index contributed by atoms with van der Waals surface area (Å²) < 4.78 is 0. The number of likely N-dealkylation sites (N-methyl/N-ethyl adjacent to an activating group) is 2. The van der Waals surface area contributed by atoms with Crippen LogP contribution >= 0.6 is 0 Å². The van der Waals surface area contributed by atoms with E-state index in [1.165, 1.54) is 39.3 Å². The van der Waals surface area contributed by atoms with Gasteiger partial charge in [-0.25, -0.2) is 0 Å². The van der Waals surface area contributed by atoms with Crippen LogP contribution < -0.4 is 5.73 Å². The molecule has 0 radical (unpaired) electrons. The summed E-state index contributed by atoms with van der Waals surface area (Å²) >= 11 is 0. The van der Waals surface area contributed by atoms with Gasteiger partial charge in [-0.3, -0.25) is 4.90 Å². The lowest BCUT2D eigenvalue weighted by molar-refractivity contribution is 0.0414. The first-order chi connectivity index (χ1) is 9.36. The molecule has 1 saturated heterocycles. The molecule has 0 atom stereocenters. The van der Waals surface area contributed by atoms with Crippen LogP contribution in [-0.4, -0.2) is 92.4 Å². The van der Waals surface area contributed by atoms with Crippen molar-refractivity contribution in [2.45, 2.75) is 32.3 Å². The molecular formula is C15H36N4O. The van der Waals surface area contributed by atoms with E-state index in [9.17, 15) is 5.11 Å². The van der Waals surface area contributed by atoms with Gasteiger partial charge in [-0.1, -0.05) is 13.8 Å². The number of nitrogens with two attached hydrogens (primary N) is 1. The summed E-state index contributed by atoms with van der Waals surface area (Å²) in [6.07, 6.45) is 1.50. The molecule has 0 saturated carbocycles. The molecule has 5 heteroatoms. The molecular weight excluding hydrogens is 252 g/mol. The minimum absolute atomic E-state index is 0.375. The second kappa shape index (κ2) is 10.5. The fourth-order valence-electron chi connectivity index (χ4n) is 1.95. The van der Waals surface area contributed by atoms with E-state index in [4.69, 9.17) is 5.73 Å². The topological polar surface area (TPSA) is 56.0 Å². The number of nitrogens with zero attached hydrogens (tertiary/aromatic N) is 3. The fraction of sp³-hybridized carbons (Fsp3) is 1.00. The van der Waals surface area contributed by atoms with Gasteiger partial charge >= 0.3 is 0 Å². The lowest BCUT2D eigenvalue weighted by atomic mass is 9.98. The molecule has 5 nitrogen and oxygen atoms in total. The van der Waals surface area contributed by atoms with Gasteiger partial charge in [-0.2, -0.15) is 0 Å². The van der Waals surface area contributed by atoms with Crippen LogP contribution in [0.2, 0.25) is 0 Å². The number of hydrogen-bond acceptors (Lipinski definition) is 5. The average molecular weight is 288 g/mol. The van der Waals surface area contributed by atoms with Gasteiger partial charge in [-0.15, -0.1) is 0 Å². The van der Waals surface area contributed by atoms with Gasteiger partial charge in [0.05, 0.1) is 5.60 Å². The molecule has 3 N–H and O–H groups in total. The van der Waals surface area contributed by atoms with Crippen molar-refractivity contribution in [2.24, 2.45) is 5.73 Å². The SMILES string of the molecule is CCC(O)(CC)CN.CN(C)CCN1CCN(C)CC1. The summed E-state index contributed by atoms with van der Waals surface area (Å²) in [5.74, 6) is 0. The molecule has 0 aromatic rings. The molecule has 1 heterocycles. The third kappa shape index (κ3) is 8.87. The van der Waals surface area contributed by atoms with Crippen molar-refractivity contribution < 1.29 is 5.11 Å². The van der Waals surface area contributed by atoms with Gasteiger partial charge in [0.1, 0.15) is 0 Å². The van der Waals surface area contributed by atoms with Gasteiger partial charge in [0.2, 0.25) is 0 Å². The van der Waals surface area contributed by atoms with E-state index in [2.05, 4.69) is 35.8 Å². The maximum absolute atomic E-state index is 9.31. The third-order valence-corrected chi connectivity index (χ3v) is 4.16. The van der Waals surface area contributed by atoms with E-state index in [0.717, 1.165) is 12.8 Å². The molecule has 1 aliphatic heterocycles. The number of aliphatic hydroxyl groups is 1. The zero-order chi connectivity index (χ0) is 15.6. The second-order valence-electron chi connectivity index (χ2n) is 6.08. The van der Waals surface area contributed by atoms with Gasteiger partial charge in [-0.05, 0) is 34.0 Å². The van der Waals surface area contributed by atoms with Crippen molar-refractivity contribution in [1.82, 2.24) is 14.7 Å². The molecule has 0 bridgehead atoms. The Morgan fingerprint density at radius 1 is 1.10 bits per heavy atom. The first kappa shape index (κ1) is 19.8. The average Bonchev–Trinajstić information content (AvgIpc) is 2.46. The number of rotatable bonds is 6. The second-order valence-corrected chi connectivity index (χ2v) is 6.08. The highest BCUT2D eigenvalue weighted by Gasteiger charge is 2.18. The molecule has 0 unspecified atom stereocenters. The summed E-state index contributed by atoms with van der Waals surface area (Å²) in [6.45, 7) is 11.6. The van der Waals surface area contributed by atoms with E-state index in [0.29, 0.717) is 6.54 Å². The lowest BCUT2D eigenvalue weighted by Crippen LogP contribution is -2.46. The highest BCUT2D eigenvalue weighted by Crippen LogP contribution is 2.10. The maximum atomic E-state index is 9.31. The van der Waals surface area contributed by atoms with Crippen LogP contribution in [0.5, 0.6) is 0 Å². The Labute approximate surface area is 125 Å². The van der Waals surface area contributed by atoms with E-state index in [1.54, 1.807) is 0 Å². The predicted octanol–water partition coefficient (Wildman–Crippen LogP) is 0.292. The summed E-state index contributed by atoms with van der Waals surface area (Å²) in [5.41, 5.74) is 4.68. The lowest BCUT2D eigenvalue weighted by Gasteiger charge is -2.32. The smallest absolute Gasteiger partial charge is 0.0764 e. The molecule has 1 aliphatic rings. The van der Waals surface area contributed by atoms with Crippen molar-refractivity contribution >= 4 is 0 Å². The number of piperazine rings is 1. The van der Waals surface area contributed by atoms with E-state index >= 15 is 0 Å². The molecule has 122 valence electrons. The highest BCUT2D eigenvalue weighted by molar-refractivity contribution is 4.74. The Morgan fingerprint density at radius 2 is 1.60 bits per heavy atom. The maximum Gasteiger partial charge on any atom is 0.0764 e. The van der Waals surface area contributed by atoms with Crippen LogP contribution in [0.25, 0.3) is 0 Å². The standard InChI is InChI=1S/C9H21N3.C6H15NO/c1-10(2)4-7-12-8-5-11(3)6-9-12;1-3-6(8,4-2)5-7/h4-9H2,1-3H3;8H,3-5,7H2,1-2H3. The first-order valence-corrected chi connectivity index (χ1v) is 7.85. The van der Waals surface area contributed by atoms with Gasteiger partial charge in [0, 0.05) is 45.8 Å². The molecule has 1 fully saturated rings. The summed E-state index contributed by atoms with van der Waals surface area (Å²) in [7, 11) is 6.47. The van der Waals surface area contributed by atoms with Crippen LogP contribution in [0.4, 0.5) is 0 Å². The van der Waals surface area contributed by atoms with Crippen LogP contribution in [0.1, 0.15) is 26.7 Å². The summed E-state index contributed by atoms with van der Waals surface area (Å²) in [6, 6.07) is 0. The van der Waals surface area contributed by atoms with Gasteiger partial charge in [0.25, 0.3) is 0 Å². The van der Waals surface area contributed by atoms with Crippen molar-refractivity contribution in [3.8, 4) is 0 Å². The van der Waals surface area contributed by atoms with Crippen LogP contribution in [-0.2, 0) is 0 Å². The number of hydrogen-bond donors (Lipinski definition) is 2. The van der Waals surface area contributed by atoms with Crippen LogP contribution in [0.3, 0.4) is 0 Å². The fourth-order valence-corrected chi connectivity index (χ4v) is 1.95. The predicted molar refractivity (Wildman–Crippen MR) is 87.1 cm³/mol. The van der Waals surface area contributed by atoms with Gasteiger partial charge < -0.3 is 20.6 Å². The molecule has 0 aliphatic carbocycles. The highest BCUT2D eigenvalue weighted by atomic mass is 16.3. The molecule has 1 rings (SSSR count). The van der Waals surface area contributed by atoms with E-state index in [1.807, 2.05) is 13.8 Å². The van der Waals surface area contributed by atoms with Crippen LogP contribution in [0, 0.1) is 0 Å². The minimum Gasteiger partial charge on any atom is -0.389 e. The molecule has 20 heavy (non-hydrogen) atoms. The van der Waals surface area contributed by atoms with E-state index in [-0.39, 0.29) is 0 Å².